The van der Waals surface area contributed by atoms with Crippen molar-refractivity contribution in [2.45, 2.75) is 70.8 Å². The Labute approximate surface area is 187 Å². The van der Waals surface area contributed by atoms with Crippen molar-refractivity contribution in [2.24, 2.45) is 23.2 Å². The van der Waals surface area contributed by atoms with Crippen LogP contribution in [0, 0.1) is 30.1 Å². The molecule has 3 N–H and O–H groups in total. The van der Waals surface area contributed by atoms with Crippen LogP contribution >= 0.6 is 11.3 Å². The van der Waals surface area contributed by atoms with Crippen molar-refractivity contribution >= 4 is 22.4 Å². The molecule has 1 heterocycles. The summed E-state index contributed by atoms with van der Waals surface area (Å²) in [6.07, 6.45) is 7.82. The van der Waals surface area contributed by atoms with E-state index in [9.17, 15) is 15.0 Å². The number of aryl methyl sites for hydroxylation is 2. The number of thiazole rings is 1. The Bertz CT molecular complexity index is 989. The molecule has 3 aliphatic rings. The van der Waals surface area contributed by atoms with Crippen molar-refractivity contribution in [1.29, 1.82) is 0 Å². The van der Waals surface area contributed by atoms with Crippen LogP contribution in [0.2, 0.25) is 0 Å². The highest BCUT2D eigenvalue weighted by atomic mass is 32.1. The van der Waals surface area contributed by atoms with Crippen LogP contribution in [0.3, 0.4) is 0 Å². The molecule has 1 aromatic heterocycles. The lowest BCUT2D eigenvalue weighted by Gasteiger charge is -2.51. The van der Waals surface area contributed by atoms with E-state index < -0.39 is 0 Å². The summed E-state index contributed by atoms with van der Waals surface area (Å²) >= 11 is 1.50. The largest absolute Gasteiger partial charge is 0.508 e. The van der Waals surface area contributed by atoms with Crippen molar-refractivity contribution in [3.63, 3.8) is 0 Å². The number of aromatic nitrogens is 1. The number of nitrogens with zero attached hydrogens (tertiary/aromatic N) is 1. The van der Waals surface area contributed by atoms with Gasteiger partial charge in [0, 0.05) is 17.5 Å². The fourth-order valence-corrected chi connectivity index (χ4v) is 7.71. The van der Waals surface area contributed by atoms with Crippen LogP contribution in [0.15, 0.2) is 24.4 Å². The Morgan fingerprint density at radius 3 is 2.97 bits per heavy atom. The van der Waals surface area contributed by atoms with E-state index in [4.69, 9.17) is 0 Å². The third kappa shape index (κ3) is 3.68. The molecule has 6 atom stereocenters. The van der Waals surface area contributed by atoms with Gasteiger partial charge in [-0.25, -0.2) is 4.98 Å². The molecule has 0 spiro atoms. The molecule has 5 nitrogen and oxygen atoms in total. The van der Waals surface area contributed by atoms with E-state index >= 15 is 0 Å². The van der Waals surface area contributed by atoms with Crippen molar-refractivity contribution in [3.05, 3.63) is 40.4 Å². The molecule has 0 aliphatic heterocycles. The molecule has 0 radical (unpaired) electrons. The monoisotopic (exact) mass is 440 g/mol. The maximum Gasteiger partial charge on any atom is 0.226 e. The summed E-state index contributed by atoms with van der Waals surface area (Å²) in [7, 11) is 0. The van der Waals surface area contributed by atoms with Crippen molar-refractivity contribution in [3.8, 4) is 5.75 Å². The number of carbonyl (C=O) groups is 1. The molecule has 166 valence electrons. The van der Waals surface area contributed by atoms with E-state index in [0.29, 0.717) is 41.0 Å². The van der Waals surface area contributed by atoms with Gasteiger partial charge in [0.1, 0.15) is 5.75 Å². The number of benzene rings is 1. The summed E-state index contributed by atoms with van der Waals surface area (Å²) in [5.74, 6) is 2.24. The Morgan fingerprint density at radius 2 is 2.19 bits per heavy atom. The van der Waals surface area contributed by atoms with E-state index in [1.54, 1.807) is 6.20 Å². The first-order valence-electron chi connectivity index (χ1n) is 11.6. The lowest BCUT2D eigenvalue weighted by Crippen LogP contribution is -2.45. The van der Waals surface area contributed by atoms with Crippen LogP contribution in [0.4, 0.5) is 5.13 Å². The first-order valence-corrected chi connectivity index (χ1v) is 12.4. The van der Waals surface area contributed by atoms with Crippen molar-refractivity contribution < 1.29 is 15.0 Å². The Morgan fingerprint density at radius 1 is 1.35 bits per heavy atom. The van der Waals surface area contributed by atoms with Crippen LogP contribution in [0.25, 0.3) is 0 Å². The number of phenols is 1. The molecule has 6 heteroatoms. The number of anilines is 1. The summed E-state index contributed by atoms with van der Waals surface area (Å²) in [4.78, 5) is 17.9. The van der Waals surface area contributed by atoms with Gasteiger partial charge in [-0.3, -0.25) is 4.79 Å². The molecule has 2 saturated carbocycles. The quantitative estimate of drug-likeness (QED) is 0.623. The predicted molar refractivity (Wildman–Crippen MR) is 122 cm³/mol. The first kappa shape index (κ1) is 21.0. The minimum Gasteiger partial charge on any atom is -0.508 e. The van der Waals surface area contributed by atoms with Crippen LogP contribution < -0.4 is 5.32 Å². The number of aromatic hydroxyl groups is 1. The standard InChI is InChI=1S/C25H32N2O3S/c1-14-13-26-24(31-14)27-22(30)8-4-16-12-21(29)25(2)10-9-19-18-7-5-17(28)11-15(18)3-6-20(19)23(16)25/h5,7,11,13,16,19-21,23,28-29H,3-4,6,8-10,12H2,1-2H3,(H,26,27,30). The normalized spacial score (nSPS) is 34.0. The van der Waals surface area contributed by atoms with E-state index in [0.717, 1.165) is 43.4 Å². The number of fused-ring (bicyclic) bond motifs is 5. The first-order chi connectivity index (χ1) is 14.8. The molecule has 31 heavy (non-hydrogen) atoms. The number of aliphatic hydroxyl groups is 1. The lowest BCUT2D eigenvalue weighted by atomic mass is 9.54. The average molecular weight is 441 g/mol. The summed E-state index contributed by atoms with van der Waals surface area (Å²) in [6.45, 7) is 4.26. The average Bonchev–Trinajstić information content (AvgIpc) is 3.25. The Hall–Kier alpha value is -1.92. The van der Waals surface area contributed by atoms with Gasteiger partial charge in [-0.1, -0.05) is 13.0 Å². The van der Waals surface area contributed by atoms with E-state index in [1.807, 2.05) is 19.1 Å². The van der Waals surface area contributed by atoms with E-state index in [-0.39, 0.29) is 17.4 Å². The topological polar surface area (TPSA) is 82.5 Å². The van der Waals surface area contributed by atoms with Gasteiger partial charge in [0.2, 0.25) is 5.91 Å². The molecular formula is C25H32N2O3S. The Balaban J connectivity index is 1.33. The number of rotatable bonds is 4. The number of nitrogens with one attached hydrogen (secondary N) is 1. The fourth-order valence-electron chi connectivity index (χ4n) is 7.03. The molecule has 0 bridgehead atoms. The SMILES string of the molecule is Cc1cnc(NC(=O)CCC2CC(O)C3(C)CCC4c5ccc(O)cc5CCC4C23)s1. The zero-order chi connectivity index (χ0) is 21.8. The molecule has 2 aromatic rings. The molecule has 2 fully saturated rings. The minimum absolute atomic E-state index is 0.0225. The van der Waals surface area contributed by atoms with Crippen LogP contribution in [0.5, 0.6) is 5.75 Å². The van der Waals surface area contributed by atoms with Gasteiger partial charge in [0.05, 0.1) is 6.10 Å². The van der Waals surface area contributed by atoms with Crippen molar-refractivity contribution in [2.75, 3.05) is 5.32 Å². The van der Waals surface area contributed by atoms with Crippen LogP contribution in [-0.4, -0.2) is 27.2 Å². The minimum atomic E-state index is -0.283. The molecule has 0 saturated heterocycles. The number of hydrogen-bond donors (Lipinski definition) is 3. The van der Waals surface area contributed by atoms with Gasteiger partial charge in [0.25, 0.3) is 0 Å². The number of phenolic OH excluding ortho intramolecular Hbond substituents is 1. The predicted octanol–water partition coefficient (Wildman–Crippen LogP) is 5.02. The molecule has 1 aromatic carbocycles. The third-order valence-electron chi connectivity index (χ3n) is 8.41. The number of hydrogen-bond acceptors (Lipinski definition) is 5. The maximum atomic E-state index is 12.5. The number of amides is 1. The zero-order valence-corrected chi connectivity index (χ0v) is 19.1. The second kappa shape index (κ2) is 7.89. The van der Waals surface area contributed by atoms with E-state index in [2.05, 4.69) is 23.3 Å². The third-order valence-corrected chi connectivity index (χ3v) is 9.24. The number of aliphatic hydroxyl groups excluding tert-OH is 1. The summed E-state index contributed by atoms with van der Waals surface area (Å²) in [5.41, 5.74) is 2.63. The lowest BCUT2D eigenvalue weighted by molar-refractivity contribution is -0.116. The van der Waals surface area contributed by atoms with Crippen LogP contribution in [-0.2, 0) is 11.2 Å². The molecule has 5 rings (SSSR count). The molecule has 3 aliphatic carbocycles. The van der Waals surface area contributed by atoms with Gasteiger partial charge in [-0.15, -0.1) is 11.3 Å². The van der Waals surface area contributed by atoms with Gasteiger partial charge in [0.15, 0.2) is 5.13 Å². The Kier molecular flexibility index (Phi) is 5.33. The molecule has 1 amide bonds. The van der Waals surface area contributed by atoms with Gasteiger partial charge in [-0.05, 0) is 97.8 Å². The highest BCUT2D eigenvalue weighted by Gasteiger charge is 2.58. The zero-order valence-electron chi connectivity index (χ0n) is 18.3. The second-order valence-electron chi connectivity index (χ2n) is 10.1. The van der Waals surface area contributed by atoms with E-state index in [1.165, 1.54) is 22.5 Å². The highest BCUT2D eigenvalue weighted by Crippen LogP contribution is 2.63. The van der Waals surface area contributed by atoms with Gasteiger partial charge in [-0.2, -0.15) is 0 Å². The summed E-state index contributed by atoms with van der Waals surface area (Å²) in [6, 6.07) is 5.87. The molecule has 6 unspecified atom stereocenters. The van der Waals surface area contributed by atoms with Gasteiger partial charge >= 0.3 is 0 Å². The second-order valence-corrected chi connectivity index (χ2v) is 11.4. The van der Waals surface area contributed by atoms with Crippen LogP contribution in [0.1, 0.15) is 67.4 Å². The van der Waals surface area contributed by atoms with Crippen molar-refractivity contribution in [1.82, 2.24) is 4.98 Å². The smallest absolute Gasteiger partial charge is 0.226 e. The summed E-state index contributed by atoms with van der Waals surface area (Å²) in [5, 5.41) is 24.6. The van der Waals surface area contributed by atoms with Gasteiger partial charge < -0.3 is 15.5 Å². The summed E-state index contributed by atoms with van der Waals surface area (Å²) < 4.78 is 0. The highest BCUT2D eigenvalue weighted by molar-refractivity contribution is 7.15. The fraction of sp³-hybridized carbons (Fsp3) is 0.600. The molecular weight excluding hydrogens is 408 g/mol. The number of carbonyl (C=O) groups excluding carboxylic acids is 1. The maximum absolute atomic E-state index is 12.5.